The third-order valence-electron chi connectivity index (χ3n) is 4.88. The van der Waals surface area contributed by atoms with Crippen molar-refractivity contribution in [2.24, 2.45) is 5.10 Å². The van der Waals surface area contributed by atoms with E-state index in [0.717, 1.165) is 35.5 Å². The van der Waals surface area contributed by atoms with Crippen molar-refractivity contribution < 1.29 is 14.3 Å². The van der Waals surface area contributed by atoms with Crippen LogP contribution >= 0.6 is 0 Å². The summed E-state index contributed by atoms with van der Waals surface area (Å²) in [7, 11) is 0. The largest absolute Gasteiger partial charge is 0.494 e. The molecule has 0 aliphatic rings. The number of rotatable bonds is 12. The Morgan fingerprint density at radius 2 is 1.47 bits per heavy atom. The molecule has 3 rings (SSSR count). The fraction of sp³-hybridized carbons (Fsp3) is 0.259. The lowest BCUT2D eigenvalue weighted by Gasteiger charge is -2.07. The molecule has 0 saturated carbocycles. The highest BCUT2D eigenvalue weighted by atomic mass is 16.5. The van der Waals surface area contributed by atoms with Gasteiger partial charge in [0, 0.05) is 0 Å². The minimum absolute atomic E-state index is 0.104. The summed E-state index contributed by atoms with van der Waals surface area (Å²) < 4.78 is 11.3. The second-order valence-corrected chi connectivity index (χ2v) is 7.45. The van der Waals surface area contributed by atoms with Crippen molar-refractivity contribution >= 4 is 12.1 Å². The molecule has 3 aromatic carbocycles. The maximum atomic E-state index is 12.0. The Kier molecular flexibility index (Phi) is 9.34. The van der Waals surface area contributed by atoms with E-state index in [1.165, 1.54) is 19.3 Å². The first-order chi connectivity index (χ1) is 15.7. The van der Waals surface area contributed by atoms with Crippen LogP contribution in [0.2, 0.25) is 0 Å². The van der Waals surface area contributed by atoms with E-state index >= 15 is 0 Å². The lowest BCUT2D eigenvalue weighted by molar-refractivity contribution is -0.123. The van der Waals surface area contributed by atoms with Crippen LogP contribution in [0.3, 0.4) is 0 Å². The topological polar surface area (TPSA) is 59.9 Å². The summed E-state index contributed by atoms with van der Waals surface area (Å²) in [5.74, 6) is 1.16. The molecule has 166 valence electrons. The average Bonchev–Trinajstić information content (AvgIpc) is 2.84. The van der Waals surface area contributed by atoms with E-state index in [0.29, 0.717) is 5.75 Å². The van der Waals surface area contributed by atoms with Crippen LogP contribution in [0.4, 0.5) is 0 Å². The van der Waals surface area contributed by atoms with Crippen LogP contribution in [0.15, 0.2) is 84.0 Å². The van der Waals surface area contributed by atoms with Gasteiger partial charge in [0.25, 0.3) is 5.91 Å². The van der Waals surface area contributed by atoms with Crippen LogP contribution in [0.1, 0.15) is 38.2 Å². The highest BCUT2D eigenvalue weighted by Crippen LogP contribution is 2.22. The summed E-state index contributed by atoms with van der Waals surface area (Å²) in [6.07, 6.45) is 6.33. The number of carbonyl (C=O) groups is 1. The monoisotopic (exact) mass is 430 g/mol. The van der Waals surface area contributed by atoms with Gasteiger partial charge in [-0.05, 0) is 59.5 Å². The average molecular weight is 431 g/mol. The Balaban J connectivity index is 1.37. The predicted octanol–water partition coefficient (Wildman–Crippen LogP) is 5.84. The molecule has 0 aliphatic carbocycles. The van der Waals surface area contributed by atoms with Gasteiger partial charge in [0.1, 0.15) is 11.5 Å². The van der Waals surface area contributed by atoms with Gasteiger partial charge in [-0.3, -0.25) is 4.79 Å². The van der Waals surface area contributed by atoms with E-state index in [4.69, 9.17) is 9.47 Å². The number of hydrogen-bond acceptors (Lipinski definition) is 4. The summed E-state index contributed by atoms with van der Waals surface area (Å²) in [4.78, 5) is 12.0. The molecular formula is C27H30N2O3. The second-order valence-electron chi connectivity index (χ2n) is 7.45. The van der Waals surface area contributed by atoms with Crippen LogP contribution < -0.4 is 14.9 Å². The fourth-order valence-electron chi connectivity index (χ4n) is 3.10. The number of nitrogens with zero attached hydrogens (tertiary/aromatic N) is 1. The van der Waals surface area contributed by atoms with Crippen molar-refractivity contribution in [3.8, 4) is 22.6 Å². The lowest BCUT2D eigenvalue weighted by atomic mass is 10.1. The molecule has 0 bridgehead atoms. The van der Waals surface area contributed by atoms with Gasteiger partial charge in [-0.1, -0.05) is 68.7 Å². The van der Waals surface area contributed by atoms with Gasteiger partial charge in [-0.25, -0.2) is 5.43 Å². The number of benzene rings is 3. The molecule has 1 amide bonds. The van der Waals surface area contributed by atoms with Gasteiger partial charge < -0.3 is 9.47 Å². The fourth-order valence-corrected chi connectivity index (χ4v) is 3.10. The third-order valence-corrected chi connectivity index (χ3v) is 4.88. The highest BCUT2D eigenvalue weighted by Gasteiger charge is 2.03. The highest BCUT2D eigenvalue weighted by molar-refractivity contribution is 5.83. The number of unbranched alkanes of at least 4 members (excludes halogenated alkanes) is 3. The molecule has 32 heavy (non-hydrogen) atoms. The second kappa shape index (κ2) is 13.0. The lowest BCUT2D eigenvalue weighted by Crippen LogP contribution is -2.24. The van der Waals surface area contributed by atoms with Gasteiger partial charge in [-0.15, -0.1) is 0 Å². The molecule has 5 heteroatoms. The zero-order chi connectivity index (χ0) is 22.4. The maximum Gasteiger partial charge on any atom is 0.277 e. The summed E-state index contributed by atoms with van der Waals surface area (Å²) >= 11 is 0. The number of amides is 1. The van der Waals surface area contributed by atoms with E-state index in [1.54, 1.807) is 6.21 Å². The van der Waals surface area contributed by atoms with Crippen molar-refractivity contribution in [1.82, 2.24) is 5.43 Å². The van der Waals surface area contributed by atoms with Crippen molar-refractivity contribution in [3.05, 3.63) is 84.4 Å². The maximum absolute atomic E-state index is 12.0. The van der Waals surface area contributed by atoms with Crippen LogP contribution in [0, 0.1) is 0 Å². The molecule has 0 fully saturated rings. The van der Waals surface area contributed by atoms with Crippen LogP contribution in [-0.2, 0) is 4.79 Å². The van der Waals surface area contributed by atoms with Gasteiger partial charge in [-0.2, -0.15) is 5.10 Å². The van der Waals surface area contributed by atoms with Crippen LogP contribution in [-0.4, -0.2) is 25.3 Å². The molecule has 0 atom stereocenters. The first-order valence-corrected chi connectivity index (χ1v) is 11.1. The SMILES string of the molecule is CCCCCCOc1ccc(/C=N/NC(=O)COc2ccc(-c3ccccc3)cc2)cc1. The Bertz CT molecular complexity index is 968. The molecule has 3 aromatic rings. The van der Waals surface area contributed by atoms with Gasteiger partial charge in [0.15, 0.2) is 6.61 Å². The van der Waals surface area contributed by atoms with Crippen molar-refractivity contribution in [1.29, 1.82) is 0 Å². The molecule has 0 heterocycles. The molecule has 0 spiro atoms. The van der Waals surface area contributed by atoms with Crippen molar-refractivity contribution in [2.45, 2.75) is 32.6 Å². The standard InChI is InChI=1S/C27H30N2O3/c1-2-3-4-8-19-31-25-15-11-22(12-16-25)20-28-29-27(30)21-32-26-17-13-24(14-18-26)23-9-6-5-7-10-23/h5-7,9-18,20H,2-4,8,19,21H2,1H3,(H,29,30)/b28-20+. The molecule has 0 aromatic heterocycles. The van der Waals surface area contributed by atoms with E-state index in [9.17, 15) is 4.79 Å². The molecule has 5 nitrogen and oxygen atoms in total. The number of nitrogens with one attached hydrogen (secondary N) is 1. The van der Waals surface area contributed by atoms with Crippen LogP contribution in [0.25, 0.3) is 11.1 Å². The van der Waals surface area contributed by atoms with E-state index in [1.807, 2.05) is 66.7 Å². The summed E-state index contributed by atoms with van der Waals surface area (Å²) in [5, 5.41) is 3.99. The van der Waals surface area contributed by atoms with Crippen molar-refractivity contribution in [3.63, 3.8) is 0 Å². The summed E-state index contributed by atoms with van der Waals surface area (Å²) in [5.41, 5.74) is 5.59. The number of hydrazone groups is 1. The van der Waals surface area contributed by atoms with E-state index in [2.05, 4.69) is 29.6 Å². The Morgan fingerprint density at radius 1 is 0.812 bits per heavy atom. The number of hydrogen-bond donors (Lipinski definition) is 1. The zero-order valence-corrected chi connectivity index (χ0v) is 18.5. The Hall–Kier alpha value is -3.60. The minimum Gasteiger partial charge on any atom is -0.494 e. The number of carbonyl (C=O) groups excluding carboxylic acids is 1. The third kappa shape index (κ3) is 7.91. The summed E-state index contributed by atoms with van der Waals surface area (Å²) in [6.45, 7) is 2.83. The van der Waals surface area contributed by atoms with Crippen molar-refractivity contribution in [2.75, 3.05) is 13.2 Å². The smallest absolute Gasteiger partial charge is 0.277 e. The predicted molar refractivity (Wildman–Crippen MR) is 129 cm³/mol. The summed E-state index contributed by atoms with van der Waals surface area (Å²) in [6, 6.07) is 25.4. The van der Waals surface area contributed by atoms with Crippen LogP contribution in [0.5, 0.6) is 11.5 Å². The molecule has 0 saturated heterocycles. The quantitative estimate of drug-likeness (QED) is 0.223. The molecule has 0 unspecified atom stereocenters. The Morgan fingerprint density at radius 3 is 2.19 bits per heavy atom. The molecule has 0 radical (unpaired) electrons. The molecular weight excluding hydrogens is 400 g/mol. The first kappa shape index (κ1) is 23.1. The molecule has 0 aliphatic heterocycles. The Labute approximate surface area is 190 Å². The van der Waals surface area contributed by atoms with Gasteiger partial charge >= 0.3 is 0 Å². The van der Waals surface area contributed by atoms with Gasteiger partial charge in [0.2, 0.25) is 0 Å². The van der Waals surface area contributed by atoms with E-state index in [-0.39, 0.29) is 12.5 Å². The molecule has 1 N–H and O–H groups in total. The first-order valence-electron chi connectivity index (χ1n) is 11.1. The normalized spacial score (nSPS) is 10.8. The van der Waals surface area contributed by atoms with E-state index < -0.39 is 0 Å². The zero-order valence-electron chi connectivity index (χ0n) is 18.5. The van der Waals surface area contributed by atoms with Gasteiger partial charge in [0.05, 0.1) is 12.8 Å². The minimum atomic E-state index is -0.319. The number of ether oxygens (including phenoxy) is 2.